The molecule has 0 radical (unpaired) electrons. The molecule has 1 N–H and O–H groups in total. The summed E-state index contributed by atoms with van der Waals surface area (Å²) in [7, 11) is 3.75. The van der Waals surface area contributed by atoms with E-state index < -0.39 is 0 Å². The van der Waals surface area contributed by atoms with Crippen molar-refractivity contribution in [2.24, 2.45) is 5.92 Å². The van der Waals surface area contributed by atoms with E-state index in [1.165, 1.54) is 5.55 Å². The first-order chi connectivity index (χ1) is 10.6. The average Bonchev–Trinajstić information content (AvgIpc) is 2.49. The van der Waals surface area contributed by atoms with Gasteiger partial charge < -0.3 is 14.8 Å². The maximum absolute atomic E-state index is 5.33. The molecule has 120 valence electrons. The summed E-state index contributed by atoms with van der Waals surface area (Å²) in [6.45, 7) is 4.65. The summed E-state index contributed by atoms with van der Waals surface area (Å²) in [6.07, 6.45) is 8.26. The van der Waals surface area contributed by atoms with Crippen molar-refractivity contribution in [1.82, 2.24) is 15.3 Å². The lowest BCUT2D eigenvalue weighted by Gasteiger charge is -2.16. The Balaban J connectivity index is 0.000000745. The van der Waals surface area contributed by atoms with E-state index in [1.807, 2.05) is 27.1 Å². The van der Waals surface area contributed by atoms with Crippen molar-refractivity contribution < 1.29 is 9.47 Å². The van der Waals surface area contributed by atoms with Gasteiger partial charge in [-0.15, -0.1) is 0 Å². The molecule has 0 amide bonds. The summed E-state index contributed by atoms with van der Waals surface area (Å²) < 4.78 is 10.6. The molecule has 6 heteroatoms. The van der Waals surface area contributed by atoms with Gasteiger partial charge >= 0.3 is 0 Å². The van der Waals surface area contributed by atoms with E-state index in [2.05, 4.69) is 28.3 Å². The SMILES string of the molecule is CCOc1cnc(C2=CC(C)CC(OC=S)=C2)nc1.CNC. The fraction of sp³-hybridized carbons (Fsp3) is 0.438. The van der Waals surface area contributed by atoms with Gasteiger partial charge in [0.1, 0.15) is 5.76 Å². The number of thiocarbonyl (C=S) groups is 1. The molecular formula is C16H23N3O2S. The van der Waals surface area contributed by atoms with Crippen LogP contribution in [0.15, 0.2) is 30.3 Å². The van der Waals surface area contributed by atoms with Crippen LogP contribution in [0.25, 0.3) is 5.57 Å². The van der Waals surface area contributed by atoms with Crippen molar-refractivity contribution in [2.75, 3.05) is 20.7 Å². The van der Waals surface area contributed by atoms with Crippen molar-refractivity contribution in [2.45, 2.75) is 20.3 Å². The molecule has 0 spiro atoms. The van der Waals surface area contributed by atoms with E-state index in [4.69, 9.17) is 21.7 Å². The van der Waals surface area contributed by atoms with Crippen LogP contribution < -0.4 is 10.1 Å². The summed E-state index contributed by atoms with van der Waals surface area (Å²) in [5.74, 6) is 2.56. The van der Waals surface area contributed by atoms with E-state index in [1.54, 1.807) is 12.4 Å². The number of hydrogen-bond acceptors (Lipinski definition) is 6. The number of ether oxygens (including phenoxy) is 2. The number of aromatic nitrogens is 2. The number of nitrogens with zero attached hydrogens (tertiary/aromatic N) is 2. The van der Waals surface area contributed by atoms with Crippen LogP contribution in [-0.4, -0.2) is 36.2 Å². The Hall–Kier alpha value is -1.79. The Morgan fingerprint density at radius 1 is 1.36 bits per heavy atom. The molecule has 0 aromatic carbocycles. The van der Waals surface area contributed by atoms with E-state index in [0.717, 1.165) is 17.8 Å². The van der Waals surface area contributed by atoms with E-state index >= 15 is 0 Å². The normalized spacial score (nSPS) is 16.6. The van der Waals surface area contributed by atoms with Gasteiger partial charge in [0, 0.05) is 12.0 Å². The maximum atomic E-state index is 5.33. The second-order valence-corrected chi connectivity index (χ2v) is 5.00. The third-order valence-corrected chi connectivity index (χ3v) is 2.80. The monoisotopic (exact) mass is 321 g/mol. The second-order valence-electron chi connectivity index (χ2n) is 4.80. The molecule has 0 saturated heterocycles. The average molecular weight is 321 g/mol. The van der Waals surface area contributed by atoms with Gasteiger partial charge in [-0.3, -0.25) is 0 Å². The maximum Gasteiger partial charge on any atom is 0.159 e. The van der Waals surface area contributed by atoms with E-state index in [9.17, 15) is 0 Å². The summed E-state index contributed by atoms with van der Waals surface area (Å²) in [4.78, 5) is 8.62. The highest BCUT2D eigenvalue weighted by molar-refractivity contribution is 7.78. The predicted molar refractivity (Wildman–Crippen MR) is 92.8 cm³/mol. The largest absolute Gasteiger partial charge is 0.491 e. The van der Waals surface area contributed by atoms with Crippen LogP contribution in [0.3, 0.4) is 0 Å². The standard InChI is InChI=1S/C14H16N2O2S.C2H7N/c1-3-17-13-7-15-14(16-8-13)11-4-10(2)5-12(6-11)18-9-19;1-3-2/h4,6-10H,3,5H2,1-2H3;3H,1-2H3. The predicted octanol–water partition coefficient (Wildman–Crippen LogP) is 2.99. The van der Waals surface area contributed by atoms with Crippen molar-refractivity contribution in [1.29, 1.82) is 0 Å². The summed E-state index contributed by atoms with van der Waals surface area (Å²) in [5.41, 5.74) is 2.23. The van der Waals surface area contributed by atoms with Crippen LogP contribution in [0.2, 0.25) is 0 Å². The van der Waals surface area contributed by atoms with Crippen LogP contribution >= 0.6 is 12.2 Å². The van der Waals surface area contributed by atoms with Gasteiger partial charge in [-0.25, -0.2) is 9.97 Å². The molecule has 1 unspecified atom stereocenters. The van der Waals surface area contributed by atoms with Gasteiger partial charge in [-0.2, -0.15) is 0 Å². The molecule has 0 aliphatic heterocycles. The Kier molecular flexibility index (Phi) is 8.32. The number of nitrogens with one attached hydrogen (secondary N) is 1. The summed E-state index contributed by atoms with van der Waals surface area (Å²) in [6, 6.07) is 0. The zero-order valence-corrected chi connectivity index (χ0v) is 14.3. The molecule has 0 saturated carbocycles. The third kappa shape index (κ3) is 5.91. The van der Waals surface area contributed by atoms with Crippen molar-refractivity contribution in [3.8, 4) is 5.75 Å². The minimum atomic E-state index is 0.375. The van der Waals surface area contributed by atoms with Crippen LogP contribution in [0.5, 0.6) is 5.75 Å². The second kappa shape index (κ2) is 10.0. The van der Waals surface area contributed by atoms with Gasteiger partial charge in [0.25, 0.3) is 0 Å². The fourth-order valence-corrected chi connectivity index (χ4v) is 2.08. The van der Waals surface area contributed by atoms with Crippen molar-refractivity contribution in [3.63, 3.8) is 0 Å². The van der Waals surface area contributed by atoms with Crippen molar-refractivity contribution in [3.05, 3.63) is 36.1 Å². The van der Waals surface area contributed by atoms with Crippen molar-refractivity contribution >= 4 is 23.3 Å². The molecule has 0 bridgehead atoms. The van der Waals surface area contributed by atoms with Gasteiger partial charge in [0.2, 0.25) is 0 Å². The third-order valence-electron chi connectivity index (χ3n) is 2.70. The van der Waals surface area contributed by atoms with Gasteiger partial charge in [-0.1, -0.05) is 13.0 Å². The first-order valence-electron chi connectivity index (χ1n) is 7.20. The molecule has 2 rings (SSSR count). The van der Waals surface area contributed by atoms with E-state index in [-0.39, 0.29) is 0 Å². The first-order valence-corrected chi connectivity index (χ1v) is 7.68. The minimum absolute atomic E-state index is 0.375. The molecule has 1 aliphatic rings. The molecule has 1 aliphatic carbocycles. The lowest BCUT2D eigenvalue weighted by atomic mass is 9.96. The Bertz CT molecular complexity index is 527. The van der Waals surface area contributed by atoms with Gasteiger partial charge in [-0.05, 0) is 45.2 Å². The van der Waals surface area contributed by atoms with Crippen LogP contribution in [0.1, 0.15) is 26.1 Å². The lowest BCUT2D eigenvalue weighted by molar-refractivity contribution is 0.337. The quantitative estimate of drug-likeness (QED) is 0.842. The topological polar surface area (TPSA) is 56.3 Å². The molecule has 5 nitrogen and oxygen atoms in total. The first kappa shape index (κ1) is 18.3. The van der Waals surface area contributed by atoms with E-state index in [0.29, 0.717) is 24.1 Å². The number of allylic oxidation sites excluding steroid dienone is 4. The molecule has 22 heavy (non-hydrogen) atoms. The van der Waals surface area contributed by atoms with Gasteiger partial charge in [0.15, 0.2) is 17.1 Å². The summed E-state index contributed by atoms with van der Waals surface area (Å²) in [5, 5.41) is 2.75. The van der Waals surface area contributed by atoms with Gasteiger partial charge in [0.05, 0.1) is 19.0 Å². The highest BCUT2D eigenvalue weighted by Gasteiger charge is 2.15. The highest BCUT2D eigenvalue weighted by atomic mass is 32.1. The van der Waals surface area contributed by atoms with Crippen LogP contribution in [0, 0.1) is 5.92 Å². The number of rotatable bonds is 5. The zero-order chi connectivity index (χ0) is 16.4. The minimum Gasteiger partial charge on any atom is -0.491 e. The molecule has 1 heterocycles. The Labute approximate surface area is 137 Å². The molecule has 0 fully saturated rings. The summed E-state index contributed by atoms with van der Waals surface area (Å²) >= 11 is 4.72. The zero-order valence-electron chi connectivity index (χ0n) is 13.5. The fourth-order valence-electron chi connectivity index (χ4n) is 1.95. The number of hydrogen-bond donors (Lipinski definition) is 1. The Morgan fingerprint density at radius 3 is 2.55 bits per heavy atom. The molecule has 1 atom stereocenters. The smallest absolute Gasteiger partial charge is 0.159 e. The highest BCUT2D eigenvalue weighted by Crippen LogP contribution is 2.27. The molecular weight excluding hydrogens is 298 g/mol. The molecule has 1 aromatic rings. The molecule has 1 aromatic heterocycles. The van der Waals surface area contributed by atoms with Crippen LogP contribution in [-0.2, 0) is 4.74 Å². The Morgan fingerprint density at radius 2 is 2.00 bits per heavy atom. The lowest BCUT2D eigenvalue weighted by Crippen LogP contribution is -2.05. The van der Waals surface area contributed by atoms with Crippen LogP contribution in [0.4, 0.5) is 0 Å².